The van der Waals surface area contributed by atoms with Crippen LogP contribution in [0.15, 0.2) is 0 Å². The third kappa shape index (κ3) is 5.30. The Hall–Kier alpha value is -0.0400. The average Bonchev–Trinajstić information content (AvgIpc) is 2.19. The molecule has 0 spiro atoms. The van der Waals surface area contributed by atoms with Gasteiger partial charge in [0.1, 0.15) is 0 Å². The summed E-state index contributed by atoms with van der Waals surface area (Å²) in [5.74, 6) is 0.885. The number of hydrogen-bond acceptors (Lipinski definition) is 1. The van der Waals surface area contributed by atoms with Gasteiger partial charge in [-0.25, -0.2) is 0 Å². The first-order valence-electron chi connectivity index (χ1n) is 6.01. The maximum absolute atomic E-state index is 5.68. The Morgan fingerprint density at radius 3 is 2.54 bits per heavy atom. The Kier molecular flexibility index (Phi) is 6.26. The van der Waals surface area contributed by atoms with Crippen LogP contribution in [-0.2, 0) is 4.74 Å². The van der Waals surface area contributed by atoms with Gasteiger partial charge in [0.25, 0.3) is 0 Å². The predicted octanol–water partition coefficient (Wildman–Crippen LogP) is 3.77. The zero-order valence-electron chi connectivity index (χ0n) is 9.06. The zero-order chi connectivity index (χ0) is 9.36. The molecule has 1 fully saturated rings. The Morgan fingerprint density at radius 2 is 1.85 bits per heavy atom. The van der Waals surface area contributed by atoms with E-state index in [1.807, 2.05) is 0 Å². The highest BCUT2D eigenvalue weighted by molar-refractivity contribution is 4.64. The van der Waals surface area contributed by atoms with Crippen LogP contribution in [0, 0.1) is 5.92 Å². The van der Waals surface area contributed by atoms with Crippen molar-refractivity contribution in [3.05, 3.63) is 0 Å². The molecule has 0 N–H and O–H groups in total. The monoisotopic (exact) mass is 184 g/mol. The summed E-state index contributed by atoms with van der Waals surface area (Å²) in [6.07, 6.45) is 11.0. The molecule has 13 heavy (non-hydrogen) atoms. The van der Waals surface area contributed by atoms with Crippen molar-refractivity contribution in [3.8, 4) is 0 Å². The highest BCUT2D eigenvalue weighted by Gasteiger charge is 2.12. The van der Waals surface area contributed by atoms with Crippen LogP contribution in [-0.4, -0.2) is 13.2 Å². The summed E-state index contributed by atoms with van der Waals surface area (Å²) in [4.78, 5) is 0. The standard InChI is InChI=1S/C12H24O/c1-2-3-7-10-13-11-12-8-5-4-6-9-12/h12H,2-11H2,1H3. The Morgan fingerprint density at radius 1 is 1.08 bits per heavy atom. The van der Waals surface area contributed by atoms with Gasteiger partial charge in [-0.2, -0.15) is 0 Å². The Bertz CT molecular complexity index is 106. The normalized spacial score (nSPS) is 19.2. The third-order valence-corrected chi connectivity index (χ3v) is 2.97. The van der Waals surface area contributed by atoms with Crippen LogP contribution < -0.4 is 0 Å². The van der Waals surface area contributed by atoms with E-state index in [2.05, 4.69) is 6.92 Å². The number of hydrogen-bond donors (Lipinski definition) is 0. The van der Waals surface area contributed by atoms with E-state index in [0.29, 0.717) is 0 Å². The summed E-state index contributed by atoms with van der Waals surface area (Å²) >= 11 is 0. The first kappa shape index (κ1) is 11.0. The lowest BCUT2D eigenvalue weighted by Gasteiger charge is -2.21. The molecule has 0 aliphatic heterocycles. The van der Waals surface area contributed by atoms with Crippen LogP contribution in [0.3, 0.4) is 0 Å². The van der Waals surface area contributed by atoms with Gasteiger partial charge in [-0.1, -0.05) is 39.0 Å². The van der Waals surface area contributed by atoms with E-state index in [1.165, 1.54) is 51.4 Å². The lowest BCUT2D eigenvalue weighted by atomic mass is 9.90. The smallest absolute Gasteiger partial charge is 0.0494 e. The molecule has 0 aromatic carbocycles. The minimum atomic E-state index is 0.885. The van der Waals surface area contributed by atoms with Gasteiger partial charge in [-0.15, -0.1) is 0 Å². The van der Waals surface area contributed by atoms with Gasteiger partial charge in [0.2, 0.25) is 0 Å². The fourth-order valence-corrected chi connectivity index (χ4v) is 2.06. The summed E-state index contributed by atoms with van der Waals surface area (Å²) in [5, 5.41) is 0. The summed E-state index contributed by atoms with van der Waals surface area (Å²) in [7, 11) is 0. The molecule has 0 amide bonds. The first-order chi connectivity index (χ1) is 6.43. The molecule has 1 aliphatic rings. The molecule has 0 aromatic rings. The molecule has 1 heteroatoms. The summed E-state index contributed by atoms with van der Waals surface area (Å²) in [5.41, 5.74) is 0. The largest absolute Gasteiger partial charge is 0.381 e. The molecule has 1 saturated carbocycles. The van der Waals surface area contributed by atoms with Gasteiger partial charge in [-0.05, 0) is 25.2 Å². The van der Waals surface area contributed by atoms with Crippen LogP contribution in [0.5, 0.6) is 0 Å². The number of unbranched alkanes of at least 4 members (excludes halogenated alkanes) is 2. The number of rotatable bonds is 6. The van der Waals surface area contributed by atoms with Crippen LogP contribution in [0.1, 0.15) is 58.3 Å². The molecule has 1 aliphatic carbocycles. The summed E-state index contributed by atoms with van der Waals surface area (Å²) in [6.45, 7) is 4.26. The van der Waals surface area contributed by atoms with Crippen LogP contribution >= 0.6 is 0 Å². The van der Waals surface area contributed by atoms with Gasteiger partial charge >= 0.3 is 0 Å². The molecule has 1 nitrogen and oxygen atoms in total. The van der Waals surface area contributed by atoms with Crippen LogP contribution in [0.2, 0.25) is 0 Å². The van der Waals surface area contributed by atoms with Crippen molar-refractivity contribution < 1.29 is 4.74 Å². The van der Waals surface area contributed by atoms with E-state index < -0.39 is 0 Å². The minimum absolute atomic E-state index is 0.885. The second-order valence-electron chi connectivity index (χ2n) is 4.29. The van der Waals surface area contributed by atoms with E-state index in [9.17, 15) is 0 Å². The lowest BCUT2D eigenvalue weighted by molar-refractivity contribution is 0.0827. The molecule has 0 radical (unpaired) electrons. The lowest BCUT2D eigenvalue weighted by Crippen LogP contribution is -2.13. The van der Waals surface area contributed by atoms with Crippen molar-refractivity contribution in [3.63, 3.8) is 0 Å². The fraction of sp³-hybridized carbons (Fsp3) is 1.00. The van der Waals surface area contributed by atoms with E-state index >= 15 is 0 Å². The molecule has 0 unspecified atom stereocenters. The van der Waals surface area contributed by atoms with Crippen molar-refractivity contribution >= 4 is 0 Å². The molecule has 78 valence electrons. The van der Waals surface area contributed by atoms with Crippen molar-refractivity contribution in [2.24, 2.45) is 5.92 Å². The van der Waals surface area contributed by atoms with E-state index in [1.54, 1.807) is 0 Å². The van der Waals surface area contributed by atoms with Crippen molar-refractivity contribution in [1.29, 1.82) is 0 Å². The highest BCUT2D eigenvalue weighted by Crippen LogP contribution is 2.23. The first-order valence-corrected chi connectivity index (χ1v) is 6.01. The minimum Gasteiger partial charge on any atom is -0.381 e. The maximum atomic E-state index is 5.68. The molecule has 0 bridgehead atoms. The Labute approximate surface area is 82.9 Å². The third-order valence-electron chi connectivity index (χ3n) is 2.97. The second kappa shape index (κ2) is 7.37. The van der Waals surface area contributed by atoms with Gasteiger partial charge in [-0.3, -0.25) is 0 Å². The summed E-state index contributed by atoms with van der Waals surface area (Å²) in [6, 6.07) is 0. The molecule has 0 heterocycles. The van der Waals surface area contributed by atoms with Gasteiger partial charge in [0, 0.05) is 13.2 Å². The van der Waals surface area contributed by atoms with Gasteiger partial charge < -0.3 is 4.74 Å². The molecule has 0 saturated heterocycles. The molecular formula is C12H24O. The fourth-order valence-electron chi connectivity index (χ4n) is 2.06. The summed E-state index contributed by atoms with van der Waals surface area (Å²) < 4.78 is 5.68. The van der Waals surface area contributed by atoms with Gasteiger partial charge in [0.15, 0.2) is 0 Å². The zero-order valence-corrected chi connectivity index (χ0v) is 9.06. The molecular weight excluding hydrogens is 160 g/mol. The average molecular weight is 184 g/mol. The predicted molar refractivity (Wildman–Crippen MR) is 56.9 cm³/mol. The van der Waals surface area contributed by atoms with Crippen LogP contribution in [0.4, 0.5) is 0 Å². The Balaban J connectivity index is 1.86. The van der Waals surface area contributed by atoms with Crippen molar-refractivity contribution in [2.45, 2.75) is 58.3 Å². The topological polar surface area (TPSA) is 9.23 Å². The molecule has 0 atom stereocenters. The highest BCUT2D eigenvalue weighted by atomic mass is 16.5. The molecule has 1 rings (SSSR count). The van der Waals surface area contributed by atoms with Gasteiger partial charge in [0.05, 0.1) is 0 Å². The quantitative estimate of drug-likeness (QED) is 0.571. The SMILES string of the molecule is CCCCCOCC1CCCCC1. The second-order valence-corrected chi connectivity index (χ2v) is 4.29. The molecule has 0 aromatic heterocycles. The van der Waals surface area contributed by atoms with E-state index in [4.69, 9.17) is 4.74 Å². The van der Waals surface area contributed by atoms with Crippen molar-refractivity contribution in [2.75, 3.05) is 13.2 Å². The maximum Gasteiger partial charge on any atom is 0.0494 e. The van der Waals surface area contributed by atoms with Crippen LogP contribution in [0.25, 0.3) is 0 Å². The van der Waals surface area contributed by atoms with Crippen molar-refractivity contribution in [1.82, 2.24) is 0 Å². The number of ether oxygens (including phenoxy) is 1. The van der Waals surface area contributed by atoms with E-state index in [0.717, 1.165) is 19.1 Å². The van der Waals surface area contributed by atoms with E-state index in [-0.39, 0.29) is 0 Å².